The second kappa shape index (κ2) is 9.35. The smallest absolute Gasteiger partial charge is 0.249 e. The van der Waals surface area contributed by atoms with Crippen LogP contribution in [0.15, 0.2) is 50.4 Å². The van der Waals surface area contributed by atoms with Gasteiger partial charge in [-0.25, -0.2) is 5.43 Å². The second-order valence-corrected chi connectivity index (χ2v) is 6.76. The molecule has 0 aliphatic heterocycles. The van der Waals surface area contributed by atoms with Gasteiger partial charge in [0, 0.05) is 4.47 Å². The number of amides is 2. The van der Waals surface area contributed by atoms with E-state index in [0.29, 0.717) is 15.7 Å². The van der Waals surface area contributed by atoms with Gasteiger partial charge in [0.15, 0.2) is 11.5 Å². The standard InChI is InChI=1S/C17H15Br2N3O4/c1-26-14-7-10(6-12(19)17(14)25)9-20-22-16(24)8-15(23)21-13-5-3-2-4-11(13)18/h2-7,9,25H,8H2,1H3,(H,21,23)(H,22,24). The minimum Gasteiger partial charge on any atom is -0.503 e. The van der Waals surface area contributed by atoms with Gasteiger partial charge in [-0.05, 0) is 61.7 Å². The molecular weight excluding hydrogens is 470 g/mol. The molecule has 0 saturated carbocycles. The van der Waals surface area contributed by atoms with Gasteiger partial charge in [-0.2, -0.15) is 5.10 Å². The van der Waals surface area contributed by atoms with Crippen molar-refractivity contribution < 1.29 is 19.4 Å². The molecule has 7 nitrogen and oxygen atoms in total. The van der Waals surface area contributed by atoms with Crippen molar-refractivity contribution in [3.05, 3.63) is 50.9 Å². The zero-order chi connectivity index (χ0) is 19.1. The van der Waals surface area contributed by atoms with E-state index in [9.17, 15) is 14.7 Å². The Kier molecular flexibility index (Phi) is 7.16. The first-order valence-corrected chi connectivity index (χ1v) is 8.92. The van der Waals surface area contributed by atoms with E-state index >= 15 is 0 Å². The molecule has 0 aliphatic rings. The fourth-order valence-electron chi connectivity index (χ4n) is 1.95. The van der Waals surface area contributed by atoms with Gasteiger partial charge >= 0.3 is 0 Å². The third kappa shape index (κ3) is 5.57. The van der Waals surface area contributed by atoms with E-state index < -0.39 is 11.8 Å². The molecule has 0 fully saturated rings. The summed E-state index contributed by atoms with van der Waals surface area (Å²) >= 11 is 6.50. The molecule has 0 saturated heterocycles. The lowest BCUT2D eigenvalue weighted by atomic mass is 10.2. The molecule has 0 unspecified atom stereocenters. The fourth-order valence-corrected chi connectivity index (χ4v) is 2.79. The van der Waals surface area contributed by atoms with Crippen LogP contribution in [0.1, 0.15) is 12.0 Å². The maximum Gasteiger partial charge on any atom is 0.249 e. The van der Waals surface area contributed by atoms with Gasteiger partial charge in [-0.1, -0.05) is 12.1 Å². The third-order valence-corrected chi connectivity index (χ3v) is 4.44. The van der Waals surface area contributed by atoms with E-state index in [1.165, 1.54) is 13.3 Å². The number of anilines is 1. The average molecular weight is 485 g/mol. The van der Waals surface area contributed by atoms with Gasteiger partial charge in [0.25, 0.3) is 0 Å². The van der Waals surface area contributed by atoms with Crippen LogP contribution in [0.3, 0.4) is 0 Å². The number of hydrazone groups is 1. The Labute approximate surface area is 166 Å². The molecule has 0 atom stereocenters. The first kappa shape index (κ1) is 19.9. The molecular formula is C17H15Br2N3O4. The lowest BCUT2D eigenvalue weighted by Crippen LogP contribution is -2.24. The maximum absolute atomic E-state index is 11.9. The number of carbonyl (C=O) groups is 2. The summed E-state index contributed by atoms with van der Waals surface area (Å²) in [5.41, 5.74) is 3.44. The number of hydrogen-bond acceptors (Lipinski definition) is 5. The predicted molar refractivity (Wildman–Crippen MR) is 105 cm³/mol. The van der Waals surface area contributed by atoms with Crippen LogP contribution in [-0.2, 0) is 9.59 Å². The zero-order valence-electron chi connectivity index (χ0n) is 13.6. The van der Waals surface area contributed by atoms with Crippen LogP contribution in [0.2, 0.25) is 0 Å². The predicted octanol–water partition coefficient (Wildman–Crippen LogP) is 3.40. The Balaban J connectivity index is 1.90. The Morgan fingerprint density at radius 1 is 1.19 bits per heavy atom. The van der Waals surface area contributed by atoms with Crippen LogP contribution in [0.5, 0.6) is 11.5 Å². The van der Waals surface area contributed by atoms with Gasteiger partial charge in [-0.15, -0.1) is 0 Å². The van der Waals surface area contributed by atoms with Crippen LogP contribution < -0.4 is 15.5 Å². The highest BCUT2D eigenvalue weighted by Crippen LogP contribution is 2.34. The largest absolute Gasteiger partial charge is 0.503 e. The minimum absolute atomic E-state index is 0.0302. The van der Waals surface area contributed by atoms with Crippen molar-refractivity contribution >= 4 is 55.6 Å². The lowest BCUT2D eigenvalue weighted by molar-refractivity contribution is -0.126. The molecule has 3 N–H and O–H groups in total. The molecule has 0 aliphatic carbocycles. The van der Waals surface area contributed by atoms with Crippen molar-refractivity contribution in [1.82, 2.24) is 5.43 Å². The lowest BCUT2D eigenvalue weighted by Gasteiger charge is -2.07. The number of ether oxygens (including phenoxy) is 1. The highest BCUT2D eigenvalue weighted by molar-refractivity contribution is 9.11. The Morgan fingerprint density at radius 3 is 2.62 bits per heavy atom. The number of rotatable bonds is 6. The monoisotopic (exact) mass is 483 g/mol. The summed E-state index contributed by atoms with van der Waals surface area (Å²) in [6.07, 6.45) is 0.998. The number of nitrogens with zero attached hydrogens (tertiary/aromatic N) is 1. The van der Waals surface area contributed by atoms with Gasteiger partial charge in [0.1, 0.15) is 6.42 Å². The first-order valence-electron chi connectivity index (χ1n) is 7.33. The van der Waals surface area contributed by atoms with Crippen molar-refractivity contribution in [3.63, 3.8) is 0 Å². The van der Waals surface area contributed by atoms with Gasteiger partial charge in [0.2, 0.25) is 11.8 Å². The van der Waals surface area contributed by atoms with E-state index in [0.717, 1.165) is 4.47 Å². The molecule has 9 heteroatoms. The van der Waals surface area contributed by atoms with Crippen LogP contribution in [0.4, 0.5) is 5.69 Å². The average Bonchev–Trinajstić information content (AvgIpc) is 2.59. The summed E-state index contributed by atoms with van der Waals surface area (Å²) in [6, 6.07) is 10.2. The number of nitrogens with one attached hydrogen (secondary N) is 2. The number of para-hydroxylation sites is 1. The third-order valence-electron chi connectivity index (χ3n) is 3.14. The summed E-state index contributed by atoms with van der Waals surface area (Å²) in [5, 5.41) is 16.2. The molecule has 0 aromatic heterocycles. The quantitative estimate of drug-likeness (QED) is 0.332. The van der Waals surface area contributed by atoms with Crippen LogP contribution in [-0.4, -0.2) is 30.2 Å². The van der Waals surface area contributed by atoms with Crippen LogP contribution in [0.25, 0.3) is 0 Å². The number of benzene rings is 2. The highest BCUT2D eigenvalue weighted by Gasteiger charge is 2.11. The van der Waals surface area contributed by atoms with Crippen molar-refractivity contribution in [2.75, 3.05) is 12.4 Å². The molecule has 0 heterocycles. The van der Waals surface area contributed by atoms with Crippen LogP contribution in [0, 0.1) is 0 Å². The normalized spacial score (nSPS) is 10.6. The molecule has 2 aromatic rings. The van der Waals surface area contributed by atoms with Crippen molar-refractivity contribution in [3.8, 4) is 11.5 Å². The van der Waals surface area contributed by atoms with Crippen molar-refractivity contribution in [1.29, 1.82) is 0 Å². The number of aromatic hydroxyl groups is 1. The number of methoxy groups -OCH3 is 1. The molecule has 0 spiro atoms. The van der Waals surface area contributed by atoms with Crippen molar-refractivity contribution in [2.45, 2.75) is 6.42 Å². The van der Waals surface area contributed by atoms with E-state index in [2.05, 4.69) is 47.7 Å². The highest BCUT2D eigenvalue weighted by atomic mass is 79.9. The number of halogens is 2. The van der Waals surface area contributed by atoms with Crippen LogP contribution >= 0.6 is 31.9 Å². The Morgan fingerprint density at radius 2 is 1.92 bits per heavy atom. The Hall–Kier alpha value is -2.39. The van der Waals surface area contributed by atoms with Gasteiger partial charge in [-0.3, -0.25) is 9.59 Å². The summed E-state index contributed by atoms with van der Waals surface area (Å²) < 4.78 is 6.18. The molecule has 2 aromatic carbocycles. The number of carbonyl (C=O) groups excluding carboxylic acids is 2. The maximum atomic E-state index is 11.9. The number of phenols is 1. The molecule has 2 rings (SSSR count). The summed E-state index contributed by atoms with van der Waals surface area (Å²) in [7, 11) is 1.42. The minimum atomic E-state index is -0.560. The molecule has 136 valence electrons. The van der Waals surface area contributed by atoms with Gasteiger partial charge in [0.05, 0.1) is 23.5 Å². The van der Waals surface area contributed by atoms with Gasteiger partial charge < -0.3 is 15.2 Å². The number of phenolic OH excluding ortho intramolecular Hbond substituents is 1. The molecule has 0 radical (unpaired) electrons. The first-order chi connectivity index (χ1) is 12.4. The van der Waals surface area contributed by atoms with E-state index in [1.807, 2.05) is 6.07 Å². The molecule has 26 heavy (non-hydrogen) atoms. The summed E-state index contributed by atoms with van der Waals surface area (Å²) in [5.74, 6) is -0.786. The SMILES string of the molecule is COc1cc(C=NNC(=O)CC(=O)Nc2ccccc2Br)cc(Br)c1O. The molecule has 2 amide bonds. The zero-order valence-corrected chi connectivity index (χ0v) is 16.8. The summed E-state index contributed by atoms with van der Waals surface area (Å²) in [6.45, 7) is 0. The fraction of sp³-hybridized carbons (Fsp3) is 0.118. The second-order valence-electron chi connectivity index (χ2n) is 5.05. The summed E-state index contributed by atoms with van der Waals surface area (Å²) in [4.78, 5) is 23.7. The Bertz CT molecular complexity index is 856. The number of hydrogen-bond donors (Lipinski definition) is 3. The van der Waals surface area contributed by atoms with E-state index in [1.54, 1.807) is 30.3 Å². The molecule has 0 bridgehead atoms. The topological polar surface area (TPSA) is 100 Å². The van der Waals surface area contributed by atoms with E-state index in [4.69, 9.17) is 4.74 Å². The van der Waals surface area contributed by atoms with E-state index in [-0.39, 0.29) is 17.9 Å². The van der Waals surface area contributed by atoms with Crippen molar-refractivity contribution in [2.24, 2.45) is 5.10 Å².